The van der Waals surface area contributed by atoms with E-state index in [9.17, 15) is 4.79 Å². The molecule has 0 unspecified atom stereocenters. The Morgan fingerprint density at radius 1 is 1.16 bits per heavy atom. The van der Waals surface area contributed by atoms with Crippen LogP contribution in [0.15, 0.2) is 48.5 Å². The lowest BCUT2D eigenvalue weighted by atomic mass is 10.2. The largest absolute Gasteiger partial charge is 0.465 e. The average molecular weight is 278 g/mol. The zero-order valence-corrected chi connectivity index (χ0v) is 11.0. The summed E-state index contributed by atoms with van der Waals surface area (Å²) in [6.45, 7) is 0. The van der Waals surface area contributed by atoms with E-state index < -0.39 is 5.97 Å². The molecule has 0 radical (unpaired) electrons. The second kappa shape index (κ2) is 6.11. The first-order valence-corrected chi connectivity index (χ1v) is 5.94. The molecule has 4 nitrogen and oxygen atoms in total. The summed E-state index contributed by atoms with van der Waals surface area (Å²) in [6.07, 6.45) is 0. The molecule has 19 heavy (non-hydrogen) atoms. The highest BCUT2D eigenvalue weighted by Crippen LogP contribution is 2.24. The zero-order chi connectivity index (χ0) is 13.7. The highest BCUT2D eigenvalue weighted by atomic mass is 35.5. The van der Waals surface area contributed by atoms with Crippen LogP contribution in [0.4, 0.5) is 5.69 Å². The molecule has 98 valence electrons. The molecule has 0 spiro atoms. The third-order valence-electron chi connectivity index (χ3n) is 2.41. The number of anilines is 1. The quantitative estimate of drug-likeness (QED) is 0.686. The van der Waals surface area contributed by atoms with Crippen LogP contribution in [0.3, 0.4) is 0 Å². The summed E-state index contributed by atoms with van der Waals surface area (Å²) in [7, 11) is 1.32. The minimum absolute atomic E-state index is 0.374. The van der Waals surface area contributed by atoms with Crippen molar-refractivity contribution >= 4 is 23.3 Å². The average Bonchev–Trinajstić information content (AvgIpc) is 2.46. The molecule has 0 saturated carbocycles. The van der Waals surface area contributed by atoms with Crippen molar-refractivity contribution in [1.29, 1.82) is 0 Å². The third kappa shape index (κ3) is 3.39. The molecule has 0 aliphatic heterocycles. The normalized spacial score (nSPS) is 9.79. The molecule has 5 heteroatoms. The molecule has 0 atom stereocenters. The van der Waals surface area contributed by atoms with E-state index in [-0.39, 0.29) is 0 Å². The molecular weight excluding hydrogens is 266 g/mol. The number of rotatable bonds is 4. The monoisotopic (exact) mass is 277 g/mol. The maximum Gasteiger partial charge on any atom is 0.337 e. The van der Waals surface area contributed by atoms with Gasteiger partial charge in [0.05, 0.1) is 23.4 Å². The van der Waals surface area contributed by atoms with Crippen LogP contribution >= 0.6 is 11.6 Å². The van der Waals surface area contributed by atoms with E-state index in [2.05, 4.69) is 10.2 Å². The zero-order valence-electron chi connectivity index (χ0n) is 10.2. The van der Waals surface area contributed by atoms with Gasteiger partial charge in [0.2, 0.25) is 0 Å². The number of nitrogens with one attached hydrogen (secondary N) is 1. The van der Waals surface area contributed by atoms with Gasteiger partial charge in [-0.1, -0.05) is 29.8 Å². The van der Waals surface area contributed by atoms with E-state index >= 15 is 0 Å². The Morgan fingerprint density at radius 3 is 2.53 bits per heavy atom. The van der Waals surface area contributed by atoms with Gasteiger partial charge in [0.15, 0.2) is 5.75 Å². The number of hydrogen-bond acceptors (Lipinski definition) is 4. The highest BCUT2D eigenvalue weighted by molar-refractivity contribution is 6.33. The summed E-state index contributed by atoms with van der Waals surface area (Å²) in [5, 5.41) is 0.374. The summed E-state index contributed by atoms with van der Waals surface area (Å²) >= 11 is 6.05. The molecule has 0 saturated heterocycles. The van der Waals surface area contributed by atoms with Crippen LogP contribution in [0.2, 0.25) is 5.02 Å². The van der Waals surface area contributed by atoms with Crippen molar-refractivity contribution in [2.24, 2.45) is 0 Å². The predicted molar refractivity (Wildman–Crippen MR) is 73.5 cm³/mol. The van der Waals surface area contributed by atoms with Crippen molar-refractivity contribution in [2.75, 3.05) is 12.6 Å². The van der Waals surface area contributed by atoms with E-state index in [1.54, 1.807) is 12.1 Å². The molecule has 0 aliphatic carbocycles. The van der Waals surface area contributed by atoms with Crippen molar-refractivity contribution in [2.45, 2.75) is 0 Å². The van der Waals surface area contributed by atoms with Gasteiger partial charge in [0, 0.05) is 0 Å². The number of esters is 1. The lowest BCUT2D eigenvalue weighted by Gasteiger charge is -2.10. The fourth-order valence-electron chi connectivity index (χ4n) is 1.45. The molecule has 2 aromatic carbocycles. The van der Waals surface area contributed by atoms with Gasteiger partial charge in [0.25, 0.3) is 0 Å². The van der Waals surface area contributed by atoms with Crippen LogP contribution in [0.5, 0.6) is 5.75 Å². The van der Waals surface area contributed by atoms with Gasteiger partial charge in [-0.2, -0.15) is 0 Å². The van der Waals surface area contributed by atoms with Crippen molar-refractivity contribution in [3.8, 4) is 5.75 Å². The Balaban J connectivity index is 2.07. The molecule has 2 rings (SSSR count). The maximum atomic E-state index is 11.3. The van der Waals surface area contributed by atoms with Crippen molar-refractivity contribution in [3.63, 3.8) is 0 Å². The number of para-hydroxylation sites is 1. The number of ether oxygens (including phenoxy) is 1. The van der Waals surface area contributed by atoms with Crippen LogP contribution in [0.25, 0.3) is 0 Å². The van der Waals surface area contributed by atoms with Crippen LogP contribution < -0.4 is 10.3 Å². The molecule has 0 aromatic heterocycles. The van der Waals surface area contributed by atoms with E-state index in [1.165, 1.54) is 13.2 Å². The number of carbonyl (C=O) groups is 1. The van der Waals surface area contributed by atoms with Crippen molar-refractivity contribution in [3.05, 3.63) is 59.1 Å². The number of hydrogen-bond donors (Lipinski definition) is 1. The summed E-state index contributed by atoms with van der Waals surface area (Å²) in [5.74, 6) is 0.230. The Hall–Kier alpha value is -2.20. The van der Waals surface area contributed by atoms with E-state index in [1.807, 2.05) is 30.3 Å². The number of methoxy groups -OCH3 is 1. The van der Waals surface area contributed by atoms with Gasteiger partial charge in [-0.25, -0.2) is 10.3 Å². The molecular formula is C14H12ClNO3. The molecule has 0 fully saturated rings. The summed E-state index contributed by atoms with van der Waals surface area (Å²) in [4.78, 5) is 16.7. The Bertz CT molecular complexity index is 572. The first-order chi connectivity index (χ1) is 9.20. The lowest BCUT2D eigenvalue weighted by molar-refractivity contribution is 0.0601. The van der Waals surface area contributed by atoms with Crippen molar-refractivity contribution in [1.82, 2.24) is 0 Å². The lowest BCUT2D eigenvalue weighted by Crippen LogP contribution is -2.06. The van der Waals surface area contributed by atoms with E-state index in [0.29, 0.717) is 22.0 Å². The van der Waals surface area contributed by atoms with E-state index in [4.69, 9.17) is 16.4 Å². The molecule has 0 amide bonds. The maximum absolute atomic E-state index is 11.3. The van der Waals surface area contributed by atoms with Crippen molar-refractivity contribution < 1.29 is 14.4 Å². The highest BCUT2D eigenvalue weighted by Gasteiger charge is 2.08. The number of halogens is 1. The van der Waals surface area contributed by atoms with Gasteiger partial charge in [0.1, 0.15) is 0 Å². The van der Waals surface area contributed by atoms with Crippen LogP contribution in [-0.2, 0) is 4.74 Å². The third-order valence-corrected chi connectivity index (χ3v) is 2.72. The topological polar surface area (TPSA) is 47.6 Å². The first-order valence-electron chi connectivity index (χ1n) is 5.56. The Kier molecular flexibility index (Phi) is 4.26. The second-order valence-corrected chi connectivity index (χ2v) is 4.11. The van der Waals surface area contributed by atoms with Crippen LogP contribution in [0, 0.1) is 0 Å². The number of carbonyl (C=O) groups excluding carboxylic acids is 1. The van der Waals surface area contributed by atoms with Gasteiger partial charge in [-0.15, -0.1) is 0 Å². The molecule has 0 aliphatic rings. The fourth-order valence-corrected chi connectivity index (χ4v) is 1.66. The summed E-state index contributed by atoms with van der Waals surface area (Å²) < 4.78 is 4.61. The molecule has 2 aromatic rings. The van der Waals surface area contributed by atoms with Crippen LogP contribution in [0.1, 0.15) is 10.4 Å². The molecule has 0 heterocycles. The second-order valence-electron chi connectivity index (χ2n) is 3.70. The molecule has 0 bridgehead atoms. The minimum Gasteiger partial charge on any atom is -0.465 e. The van der Waals surface area contributed by atoms with Gasteiger partial charge >= 0.3 is 5.97 Å². The van der Waals surface area contributed by atoms with Gasteiger partial charge in [-0.3, -0.25) is 0 Å². The summed E-state index contributed by atoms with van der Waals surface area (Å²) in [5.41, 5.74) is 3.68. The van der Waals surface area contributed by atoms with Gasteiger partial charge in [-0.05, 0) is 30.3 Å². The fraction of sp³-hybridized carbons (Fsp3) is 0.0714. The Morgan fingerprint density at radius 2 is 1.89 bits per heavy atom. The van der Waals surface area contributed by atoms with Crippen LogP contribution in [-0.4, -0.2) is 13.1 Å². The number of benzene rings is 2. The first kappa shape index (κ1) is 13.2. The summed E-state index contributed by atoms with van der Waals surface area (Å²) in [6, 6.07) is 14.0. The minimum atomic E-state index is -0.433. The SMILES string of the molecule is COC(=O)c1ccc(NOc2ccccc2)c(Cl)c1. The van der Waals surface area contributed by atoms with E-state index in [0.717, 1.165) is 0 Å². The molecule has 1 N–H and O–H groups in total. The predicted octanol–water partition coefficient (Wildman–Crippen LogP) is 3.53. The Labute approximate surface area is 115 Å². The smallest absolute Gasteiger partial charge is 0.337 e. The van der Waals surface area contributed by atoms with Gasteiger partial charge < -0.3 is 9.57 Å². The standard InChI is InChI=1S/C14H12ClNO3/c1-18-14(17)10-7-8-13(12(15)9-10)16-19-11-5-3-2-4-6-11/h2-9,16H,1H3.